The van der Waals surface area contributed by atoms with Crippen LogP contribution < -0.4 is 9.47 Å². The number of nitrogens with zero attached hydrogens (tertiary/aromatic N) is 2. The predicted molar refractivity (Wildman–Crippen MR) is 242 cm³/mol. The number of aryl methyl sites for hydroxylation is 2. The third-order valence-corrected chi connectivity index (χ3v) is 14.0. The molecule has 2 aliphatic rings. The van der Waals surface area contributed by atoms with Crippen molar-refractivity contribution >= 4 is 68.3 Å². The second-order valence-corrected chi connectivity index (χ2v) is 17.8. The predicted octanol–water partition coefficient (Wildman–Crippen LogP) is 14.1. The number of thioether (sulfide) groups is 2. The van der Waals surface area contributed by atoms with Gasteiger partial charge in [-0.25, -0.2) is 0 Å². The maximum atomic E-state index is 6.40. The Balaban J connectivity index is 1.05. The number of benzene rings is 6. The molecule has 6 aromatic carbocycles. The van der Waals surface area contributed by atoms with Crippen LogP contribution in [-0.2, 0) is 6.42 Å². The molecule has 8 heteroatoms. The van der Waals surface area contributed by atoms with E-state index in [0.29, 0.717) is 0 Å². The molecule has 10 rings (SSSR count). The van der Waals surface area contributed by atoms with Gasteiger partial charge in [0.15, 0.2) is 0 Å². The van der Waals surface area contributed by atoms with Crippen molar-refractivity contribution in [3.05, 3.63) is 178 Å². The molecule has 292 valence electrons. The van der Waals surface area contributed by atoms with Crippen LogP contribution in [0, 0.1) is 13.8 Å². The molecule has 0 saturated carbocycles. The van der Waals surface area contributed by atoms with Crippen molar-refractivity contribution in [3.63, 3.8) is 0 Å². The largest absolute Gasteiger partial charge is 0.497 e. The van der Waals surface area contributed by atoms with Gasteiger partial charge < -0.3 is 18.3 Å². The van der Waals surface area contributed by atoms with Crippen LogP contribution in [0.2, 0.25) is 0 Å². The summed E-state index contributed by atoms with van der Waals surface area (Å²) >= 11 is 3.73. The molecule has 59 heavy (non-hydrogen) atoms. The lowest BCUT2D eigenvalue weighted by molar-refractivity contribution is 0.414. The van der Waals surface area contributed by atoms with Crippen molar-refractivity contribution in [2.75, 3.05) is 14.2 Å². The molecule has 2 unspecified atom stereocenters. The summed E-state index contributed by atoms with van der Waals surface area (Å²) in [6.45, 7) is 4.28. The lowest BCUT2D eigenvalue weighted by Gasteiger charge is -2.19. The Morgan fingerprint density at radius 3 is 1.41 bits per heavy atom. The molecular formula is C51H42N2O4S2. The van der Waals surface area contributed by atoms with E-state index in [9.17, 15) is 0 Å². The first-order chi connectivity index (χ1) is 28.9. The number of ether oxygens (including phenoxy) is 2. The summed E-state index contributed by atoms with van der Waals surface area (Å²) in [4.78, 5) is 12.8. The molecule has 0 spiro atoms. The summed E-state index contributed by atoms with van der Waals surface area (Å²) in [6, 6.07) is 42.8. The smallest absolute Gasteiger partial charge is 0.138 e. The van der Waals surface area contributed by atoms with Crippen molar-refractivity contribution in [2.45, 2.75) is 53.4 Å². The van der Waals surface area contributed by atoms with E-state index in [4.69, 9.17) is 28.3 Å². The molecule has 6 nitrogen and oxygen atoms in total. The van der Waals surface area contributed by atoms with E-state index in [1.165, 1.54) is 22.3 Å². The molecule has 2 aromatic heterocycles. The van der Waals surface area contributed by atoms with Gasteiger partial charge in [0.2, 0.25) is 0 Å². The van der Waals surface area contributed by atoms with Crippen molar-refractivity contribution in [2.24, 2.45) is 9.98 Å². The second-order valence-electron chi connectivity index (χ2n) is 15.3. The first-order valence-corrected chi connectivity index (χ1v) is 21.6. The van der Waals surface area contributed by atoms with Crippen LogP contribution in [0.5, 0.6) is 11.5 Å². The summed E-state index contributed by atoms with van der Waals surface area (Å²) in [5.41, 5.74) is 15.2. The Labute approximate surface area is 352 Å². The van der Waals surface area contributed by atoms with Crippen LogP contribution in [0.25, 0.3) is 21.9 Å². The number of fused-ring (bicyclic) bond motifs is 4. The Morgan fingerprint density at radius 2 is 0.983 bits per heavy atom. The molecule has 0 fully saturated rings. The SMILES string of the molecule is COc1ccc(C2=Nc3ccccc3SC(c3cc(Cc4cc(C5CC(c6ccc(OC)cc6)=Nc6ccccc6S5)c5occ(C)c5c4)cc4c(C)coc34)C2)cc1. The third kappa shape index (κ3) is 7.25. The summed E-state index contributed by atoms with van der Waals surface area (Å²) in [5, 5.41) is 2.44. The molecule has 2 aliphatic heterocycles. The van der Waals surface area contributed by atoms with Gasteiger partial charge in [-0.1, -0.05) is 36.4 Å². The summed E-state index contributed by atoms with van der Waals surface area (Å²) in [7, 11) is 3.40. The highest BCUT2D eigenvalue weighted by molar-refractivity contribution is 8.00. The van der Waals surface area contributed by atoms with Gasteiger partial charge in [0.1, 0.15) is 22.7 Å². The molecule has 8 aromatic rings. The van der Waals surface area contributed by atoms with E-state index >= 15 is 0 Å². The Kier molecular flexibility index (Phi) is 9.91. The Hall–Kier alpha value is -5.96. The summed E-state index contributed by atoms with van der Waals surface area (Å²) in [5.74, 6) is 1.66. The van der Waals surface area contributed by atoms with Crippen molar-refractivity contribution < 1.29 is 18.3 Å². The minimum Gasteiger partial charge on any atom is -0.497 e. The Bertz CT molecular complexity index is 2720. The fourth-order valence-electron chi connectivity index (χ4n) is 8.32. The third-order valence-electron chi connectivity index (χ3n) is 11.4. The molecule has 0 radical (unpaired) electrons. The number of rotatable bonds is 8. The highest BCUT2D eigenvalue weighted by atomic mass is 32.2. The molecular weight excluding hydrogens is 769 g/mol. The van der Waals surface area contributed by atoms with Gasteiger partial charge in [-0.3, -0.25) is 9.98 Å². The maximum absolute atomic E-state index is 6.40. The van der Waals surface area contributed by atoms with Crippen molar-refractivity contribution in [3.8, 4) is 11.5 Å². The zero-order valence-electron chi connectivity index (χ0n) is 33.3. The molecule has 0 aliphatic carbocycles. The molecule has 0 amide bonds. The number of methoxy groups -OCH3 is 2. The lowest BCUT2D eigenvalue weighted by Crippen LogP contribution is -2.07. The lowest BCUT2D eigenvalue weighted by atomic mass is 9.93. The number of para-hydroxylation sites is 2. The molecule has 4 heterocycles. The maximum Gasteiger partial charge on any atom is 0.138 e. The van der Waals surface area contributed by atoms with Crippen molar-refractivity contribution in [1.82, 2.24) is 0 Å². The topological polar surface area (TPSA) is 69.5 Å². The number of hydrogen-bond donors (Lipinski definition) is 0. The van der Waals surface area contributed by atoms with Crippen molar-refractivity contribution in [1.29, 1.82) is 0 Å². The van der Waals surface area contributed by atoms with Gasteiger partial charge in [0.25, 0.3) is 0 Å². The van der Waals surface area contributed by atoms with Gasteiger partial charge in [0.05, 0.1) is 38.1 Å². The molecule has 0 saturated heterocycles. The fourth-order valence-corrected chi connectivity index (χ4v) is 10.8. The van der Waals surface area contributed by atoms with Gasteiger partial charge in [-0.2, -0.15) is 0 Å². The van der Waals surface area contributed by atoms with Gasteiger partial charge in [-0.05, 0) is 139 Å². The molecule has 0 bridgehead atoms. The van der Waals surface area contributed by atoms with E-state index in [0.717, 1.165) is 108 Å². The zero-order chi connectivity index (χ0) is 40.0. The van der Waals surface area contributed by atoms with E-state index in [1.807, 2.05) is 60.3 Å². The van der Waals surface area contributed by atoms with E-state index in [1.54, 1.807) is 14.2 Å². The monoisotopic (exact) mass is 810 g/mol. The van der Waals surface area contributed by atoms with E-state index in [2.05, 4.69) is 111 Å². The van der Waals surface area contributed by atoms with Crippen LogP contribution >= 0.6 is 23.5 Å². The second kappa shape index (κ2) is 15.7. The van der Waals surface area contributed by atoms with Gasteiger partial charge in [0, 0.05) is 66.5 Å². The molecule has 2 atom stereocenters. The van der Waals surface area contributed by atoms with Crippen LogP contribution in [0.1, 0.15) is 67.8 Å². The van der Waals surface area contributed by atoms with E-state index in [-0.39, 0.29) is 10.5 Å². The van der Waals surface area contributed by atoms with Crippen LogP contribution in [-0.4, -0.2) is 25.6 Å². The normalized spacial score (nSPS) is 16.5. The first kappa shape index (κ1) is 37.3. The average molecular weight is 811 g/mol. The first-order valence-electron chi connectivity index (χ1n) is 19.9. The number of aliphatic imine (C=N–C) groups is 2. The summed E-state index contributed by atoms with van der Waals surface area (Å²) in [6.07, 6.45) is 6.03. The van der Waals surface area contributed by atoms with Gasteiger partial charge in [-0.15, -0.1) is 23.5 Å². The molecule has 0 N–H and O–H groups in total. The van der Waals surface area contributed by atoms with Crippen LogP contribution in [0.3, 0.4) is 0 Å². The quantitative estimate of drug-likeness (QED) is 0.152. The number of hydrogen-bond acceptors (Lipinski definition) is 8. The highest BCUT2D eigenvalue weighted by Crippen LogP contribution is 2.50. The highest BCUT2D eigenvalue weighted by Gasteiger charge is 2.28. The fraction of sp³-hybridized carbons (Fsp3) is 0.176. The number of furan rings is 2. The average Bonchev–Trinajstić information content (AvgIpc) is 3.67. The zero-order valence-corrected chi connectivity index (χ0v) is 35.0. The minimum absolute atomic E-state index is 0.0692. The standard InChI is InChI=1S/C51H42N2O4S2/c1-30-28-56-50-38(30)22-32(24-40(50)48-26-44(34-13-17-36(54-3)18-14-34)52-42-9-5-7-11-46(42)58-48)21-33-23-39-31(2)29-57-51(39)41(25-33)49-27-45(35-15-19-37(55-4)20-16-35)53-43-10-6-8-12-47(43)59-49/h5-20,22-25,28-29,48-49H,21,26-27H2,1-4H3. The van der Waals surface area contributed by atoms with Crippen LogP contribution in [0.4, 0.5) is 11.4 Å². The minimum atomic E-state index is 0.0692. The Morgan fingerprint density at radius 1 is 0.559 bits per heavy atom. The van der Waals surface area contributed by atoms with E-state index < -0.39 is 0 Å². The van der Waals surface area contributed by atoms with Gasteiger partial charge >= 0.3 is 0 Å². The summed E-state index contributed by atoms with van der Waals surface area (Å²) < 4.78 is 23.8. The van der Waals surface area contributed by atoms with Crippen LogP contribution in [0.15, 0.2) is 162 Å².